The molecule has 0 aromatic rings. The van der Waals surface area contributed by atoms with Crippen molar-refractivity contribution in [2.24, 2.45) is 17.8 Å². The molecule has 2 saturated heterocycles. The Morgan fingerprint density at radius 3 is 2.81 bits per heavy atom. The van der Waals surface area contributed by atoms with Crippen molar-refractivity contribution in [1.82, 2.24) is 0 Å². The Labute approximate surface area is 153 Å². The fourth-order valence-corrected chi connectivity index (χ4v) is 5.05. The summed E-state index contributed by atoms with van der Waals surface area (Å²) in [7, 11) is 0. The lowest BCUT2D eigenvalue weighted by Gasteiger charge is -2.37. The molecular formula is C20H26O6. The minimum atomic E-state index is -1.19. The Bertz CT molecular complexity index is 713. The predicted octanol–water partition coefficient (Wildman–Crippen LogP) is 1.91. The van der Waals surface area contributed by atoms with Gasteiger partial charge in [0.25, 0.3) is 0 Å². The van der Waals surface area contributed by atoms with Crippen molar-refractivity contribution in [3.63, 3.8) is 0 Å². The summed E-state index contributed by atoms with van der Waals surface area (Å²) < 4.78 is 17.2. The van der Waals surface area contributed by atoms with E-state index in [1.165, 1.54) is 0 Å². The highest BCUT2D eigenvalue weighted by atomic mass is 16.6. The average Bonchev–Trinajstić information content (AvgIpc) is 3.05. The zero-order valence-electron chi connectivity index (χ0n) is 15.5. The Morgan fingerprint density at radius 1 is 1.46 bits per heavy atom. The van der Waals surface area contributed by atoms with Crippen molar-refractivity contribution in [3.8, 4) is 0 Å². The molecule has 0 spiro atoms. The summed E-state index contributed by atoms with van der Waals surface area (Å²) in [6, 6.07) is 0. The summed E-state index contributed by atoms with van der Waals surface area (Å²) in [5.74, 6) is -1.99. The van der Waals surface area contributed by atoms with E-state index in [1.807, 2.05) is 20.8 Å². The first-order chi connectivity index (χ1) is 12.1. The molecule has 0 aromatic heterocycles. The molecular weight excluding hydrogens is 336 g/mol. The first kappa shape index (κ1) is 17.7. The quantitative estimate of drug-likeness (QED) is 0.357. The summed E-state index contributed by atoms with van der Waals surface area (Å²) in [6.07, 6.45) is 0.0506. The molecule has 0 amide bonds. The van der Waals surface area contributed by atoms with Crippen molar-refractivity contribution in [3.05, 3.63) is 24.3 Å². The van der Waals surface area contributed by atoms with Gasteiger partial charge in [-0.3, -0.25) is 4.79 Å². The zero-order valence-corrected chi connectivity index (χ0v) is 15.5. The van der Waals surface area contributed by atoms with E-state index in [0.717, 1.165) is 0 Å². The monoisotopic (exact) mass is 362 g/mol. The molecule has 142 valence electrons. The number of carbonyl (C=O) groups excluding carboxylic acids is 2. The van der Waals surface area contributed by atoms with Gasteiger partial charge in [0.1, 0.15) is 17.8 Å². The number of esters is 2. The van der Waals surface area contributed by atoms with E-state index in [1.54, 1.807) is 0 Å². The number of rotatable bonds is 3. The van der Waals surface area contributed by atoms with Gasteiger partial charge in [0, 0.05) is 18.4 Å². The number of ether oxygens (including phenoxy) is 3. The van der Waals surface area contributed by atoms with E-state index in [0.29, 0.717) is 24.0 Å². The van der Waals surface area contributed by atoms with Crippen molar-refractivity contribution >= 4 is 11.9 Å². The number of hydrogen-bond donors (Lipinski definition) is 1. The van der Waals surface area contributed by atoms with E-state index in [-0.39, 0.29) is 24.4 Å². The van der Waals surface area contributed by atoms with Crippen LogP contribution in [-0.4, -0.2) is 46.6 Å². The normalized spacial score (nSPS) is 47.4. The molecule has 6 nitrogen and oxygen atoms in total. The molecule has 26 heavy (non-hydrogen) atoms. The maximum Gasteiger partial charge on any atom is 0.334 e. The molecule has 2 saturated carbocycles. The molecule has 4 fully saturated rings. The third kappa shape index (κ3) is 2.18. The van der Waals surface area contributed by atoms with Crippen LogP contribution in [0.2, 0.25) is 0 Å². The highest BCUT2D eigenvalue weighted by Gasteiger charge is 2.77. The molecule has 6 heteroatoms. The van der Waals surface area contributed by atoms with Gasteiger partial charge in [-0.1, -0.05) is 27.0 Å². The maximum absolute atomic E-state index is 12.4. The molecule has 2 heterocycles. The lowest BCUT2D eigenvalue weighted by atomic mass is 9.75. The van der Waals surface area contributed by atoms with E-state index in [2.05, 4.69) is 13.2 Å². The molecule has 0 bridgehead atoms. The van der Waals surface area contributed by atoms with Gasteiger partial charge in [-0.05, 0) is 18.9 Å². The Hall–Kier alpha value is -1.66. The standard InChI is InChI=1S/C20H26O6/c1-6-9(2)17(21)24-12-7-10(3)20(23)8-13-19(5,26-13)16(20)15-14(12)11(4)18(22)25-15/h9,12-16,23H,3-4,6-8H2,1-2,5H3/t9?,12-,13+,14+,15-,16-,19+,20+/m0/s1. The largest absolute Gasteiger partial charge is 0.461 e. The van der Waals surface area contributed by atoms with Crippen LogP contribution in [0.4, 0.5) is 0 Å². The number of carbonyl (C=O) groups is 2. The molecule has 4 aliphatic rings. The van der Waals surface area contributed by atoms with Crippen LogP contribution in [0.15, 0.2) is 24.3 Å². The van der Waals surface area contributed by atoms with Crippen LogP contribution in [0.5, 0.6) is 0 Å². The van der Waals surface area contributed by atoms with E-state index >= 15 is 0 Å². The van der Waals surface area contributed by atoms with Crippen LogP contribution in [0.1, 0.15) is 40.0 Å². The van der Waals surface area contributed by atoms with Crippen molar-refractivity contribution in [2.75, 3.05) is 0 Å². The summed E-state index contributed by atoms with van der Waals surface area (Å²) in [5.41, 5.74) is -0.842. The third-order valence-electron chi connectivity index (χ3n) is 6.94. The number of epoxide rings is 1. The smallest absolute Gasteiger partial charge is 0.334 e. The summed E-state index contributed by atoms with van der Waals surface area (Å²) in [6.45, 7) is 13.7. The van der Waals surface area contributed by atoms with Crippen LogP contribution in [0.3, 0.4) is 0 Å². The van der Waals surface area contributed by atoms with Gasteiger partial charge in [-0.15, -0.1) is 0 Å². The SMILES string of the molecule is C=C1C(=O)O[C@H]2[C@H]1[C@@H](OC(=O)C(C)CC)CC(=C)[C@]1(O)C[C@H]3O[C@@]3(C)[C@H]21. The molecule has 2 aliphatic carbocycles. The molecule has 0 radical (unpaired) electrons. The third-order valence-corrected chi connectivity index (χ3v) is 6.94. The molecule has 8 atom stereocenters. The van der Waals surface area contributed by atoms with Gasteiger partial charge in [0.05, 0.1) is 29.5 Å². The molecule has 2 aliphatic heterocycles. The second kappa shape index (κ2) is 5.42. The minimum Gasteiger partial charge on any atom is -0.461 e. The molecule has 0 aromatic carbocycles. The minimum absolute atomic E-state index is 0.0679. The molecule has 1 N–H and O–H groups in total. The number of aliphatic hydroxyl groups is 1. The van der Waals surface area contributed by atoms with Gasteiger partial charge in [0.15, 0.2) is 0 Å². The van der Waals surface area contributed by atoms with Gasteiger partial charge >= 0.3 is 11.9 Å². The van der Waals surface area contributed by atoms with Crippen molar-refractivity contribution < 1.29 is 28.9 Å². The van der Waals surface area contributed by atoms with Crippen molar-refractivity contribution in [1.29, 1.82) is 0 Å². The van der Waals surface area contributed by atoms with Gasteiger partial charge in [-0.2, -0.15) is 0 Å². The lowest BCUT2D eigenvalue weighted by molar-refractivity contribution is -0.158. The maximum atomic E-state index is 12.4. The molecule has 4 rings (SSSR count). The second-order valence-electron chi connectivity index (χ2n) is 8.41. The lowest BCUT2D eigenvalue weighted by Crippen LogP contribution is -2.49. The Kier molecular flexibility index (Phi) is 3.70. The van der Waals surface area contributed by atoms with Gasteiger partial charge in [-0.25, -0.2) is 4.79 Å². The average molecular weight is 362 g/mol. The van der Waals surface area contributed by atoms with Crippen LogP contribution >= 0.6 is 0 Å². The topological polar surface area (TPSA) is 85.4 Å². The Morgan fingerprint density at radius 2 is 2.15 bits per heavy atom. The first-order valence-electron chi connectivity index (χ1n) is 9.32. The first-order valence-corrected chi connectivity index (χ1v) is 9.32. The van der Waals surface area contributed by atoms with Gasteiger partial charge < -0.3 is 19.3 Å². The highest BCUT2D eigenvalue weighted by molar-refractivity contribution is 5.91. The van der Waals surface area contributed by atoms with E-state index in [4.69, 9.17) is 14.2 Å². The number of hydrogen-bond acceptors (Lipinski definition) is 6. The zero-order chi connectivity index (χ0) is 19.0. The van der Waals surface area contributed by atoms with Crippen LogP contribution in [0.25, 0.3) is 0 Å². The van der Waals surface area contributed by atoms with Crippen LogP contribution in [-0.2, 0) is 23.8 Å². The molecule has 1 unspecified atom stereocenters. The van der Waals surface area contributed by atoms with Gasteiger partial charge in [0.2, 0.25) is 0 Å². The highest BCUT2D eigenvalue weighted by Crippen LogP contribution is 2.65. The second-order valence-corrected chi connectivity index (χ2v) is 8.41. The fraction of sp³-hybridized carbons (Fsp3) is 0.700. The predicted molar refractivity (Wildman–Crippen MR) is 91.9 cm³/mol. The number of fused-ring (bicyclic) bond motifs is 5. The van der Waals surface area contributed by atoms with E-state index < -0.39 is 41.2 Å². The van der Waals surface area contributed by atoms with E-state index in [9.17, 15) is 14.7 Å². The summed E-state index contributed by atoms with van der Waals surface area (Å²) >= 11 is 0. The van der Waals surface area contributed by atoms with Crippen molar-refractivity contribution in [2.45, 2.75) is 69.5 Å². The van der Waals surface area contributed by atoms with Crippen LogP contribution in [0, 0.1) is 17.8 Å². The Balaban J connectivity index is 1.72. The van der Waals surface area contributed by atoms with Crippen LogP contribution < -0.4 is 0 Å². The summed E-state index contributed by atoms with van der Waals surface area (Å²) in [4.78, 5) is 24.7. The summed E-state index contributed by atoms with van der Waals surface area (Å²) in [5, 5.41) is 11.4. The fourth-order valence-electron chi connectivity index (χ4n) is 5.05.